The fourth-order valence-electron chi connectivity index (χ4n) is 5.97. The third-order valence-corrected chi connectivity index (χ3v) is 15.0. The largest absolute Gasteiger partial charge is 0.480 e. The first-order valence-electron chi connectivity index (χ1n) is 27.3. The van der Waals surface area contributed by atoms with Crippen LogP contribution in [0.2, 0.25) is 0 Å². The number of rotatable bonds is 42. The lowest BCUT2D eigenvalue weighted by Gasteiger charge is -2.17. The number of carboxylic acids is 3. The van der Waals surface area contributed by atoms with E-state index >= 15 is 0 Å². The molecule has 500 valence electrons. The number of guanidine groups is 2. The van der Waals surface area contributed by atoms with Gasteiger partial charge in [-0.15, -0.1) is 0 Å². The van der Waals surface area contributed by atoms with Crippen LogP contribution in [0.15, 0.2) is 116 Å². The van der Waals surface area contributed by atoms with E-state index in [4.69, 9.17) is 51.7 Å². The number of Topliss-reactive ketones (excluding diaryl/α,β-unsaturated/α-hetero) is 1. The number of ketones is 1. The molecule has 3 amide bonds. The number of carbonyl (C=O) groups is 7. The molecule has 0 aliphatic rings. The Balaban J connectivity index is 0.00000122. The summed E-state index contributed by atoms with van der Waals surface area (Å²) < 4.78 is 105. The van der Waals surface area contributed by atoms with Crippen LogP contribution in [0.1, 0.15) is 52.9 Å². The molecule has 0 saturated heterocycles. The Labute approximate surface area is 517 Å². The van der Waals surface area contributed by atoms with Crippen molar-refractivity contribution in [1.29, 1.82) is 0 Å². The van der Waals surface area contributed by atoms with E-state index in [0.29, 0.717) is 32.7 Å². The van der Waals surface area contributed by atoms with Gasteiger partial charge in [-0.3, -0.25) is 38.8 Å². The number of aliphatic imine (C=N–C) groups is 2. The molecule has 3 aromatic carbocycles. The fourth-order valence-corrected chi connectivity index (χ4v) is 9.67. The van der Waals surface area contributed by atoms with Crippen LogP contribution >= 0.6 is 0 Å². The van der Waals surface area contributed by atoms with E-state index in [1.165, 1.54) is 67.6 Å². The summed E-state index contributed by atoms with van der Waals surface area (Å²) in [4.78, 5) is 86.5. The van der Waals surface area contributed by atoms with E-state index in [9.17, 15) is 69.0 Å². The minimum atomic E-state index is -4.04. The maximum atomic E-state index is 12.2. The van der Waals surface area contributed by atoms with E-state index in [1.807, 2.05) is 23.3 Å². The second-order valence-electron chi connectivity index (χ2n) is 18.1. The SMILES string of the molecule is CCCCOCC(=O)NCC(NS(=O)(=O)c1ccccc1)C(C)=O.CCCCOCC(=O)O.NC(N)=NCCCOCC(=O)NCC(NS(=O)(=O)c1ccccc1)C(=O)O.NC(N)=NCCOCCOCC(=O)NCC(NS(=O)(=O)c1ccccc1)C(=O)O. The van der Waals surface area contributed by atoms with Crippen molar-refractivity contribution < 1.29 is 97.8 Å². The smallest absolute Gasteiger partial charge is 0.329 e. The van der Waals surface area contributed by atoms with E-state index in [0.717, 1.165) is 25.7 Å². The average Bonchev–Trinajstić information content (AvgIpc) is 2.60. The lowest BCUT2D eigenvalue weighted by atomic mass is 10.2. The monoisotopic (exact) mass is 1320 g/mol. The molecular formula is C53H84N12O21S3. The number of nitrogens with one attached hydrogen (secondary N) is 6. The van der Waals surface area contributed by atoms with Gasteiger partial charge in [-0.1, -0.05) is 81.3 Å². The van der Waals surface area contributed by atoms with E-state index in [1.54, 1.807) is 30.3 Å². The predicted molar refractivity (Wildman–Crippen MR) is 324 cm³/mol. The number of amides is 3. The van der Waals surface area contributed by atoms with Crippen LogP contribution in [0.3, 0.4) is 0 Å². The van der Waals surface area contributed by atoms with Crippen LogP contribution < -0.4 is 53.1 Å². The van der Waals surface area contributed by atoms with E-state index in [-0.39, 0.29) is 91.8 Å². The highest BCUT2D eigenvalue weighted by Gasteiger charge is 2.28. The molecule has 89 heavy (non-hydrogen) atoms. The third kappa shape index (κ3) is 41.9. The Morgan fingerprint density at radius 2 is 0.753 bits per heavy atom. The van der Waals surface area contributed by atoms with Gasteiger partial charge in [-0.05, 0) is 62.6 Å². The van der Waals surface area contributed by atoms with Crippen molar-refractivity contribution in [2.45, 2.75) is 85.7 Å². The summed E-state index contributed by atoms with van der Waals surface area (Å²) in [6, 6.07) is 18.2. The number of hydrogen-bond acceptors (Lipinski definition) is 20. The molecule has 0 spiro atoms. The van der Waals surface area contributed by atoms with Gasteiger partial charge in [0.2, 0.25) is 47.8 Å². The lowest BCUT2D eigenvalue weighted by molar-refractivity contribution is -0.142. The quantitative estimate of drug-likeness (QED) is 0.0163. The summed E-state index contributed by atoms with van der Waals surface area (Å²) in [5.74, 6) is -5.78. The number of sulfonamides is 3. The maximum Gasteiger partial charge on any atom is 0.329 e. The topological polar surface area (TPSA) is 530 Å². The first kappa shape index (κ1) is 81.2. The highest BCUT2D eigenvalue weighted by molar-refractivity contribution is 7.90. The van der Waals surface area contributed by atoms with Gasteiger partial charge < -0.3 is 77.9 Å². The summed E-state index contributed by atoms with van der Waals surface area (Å²) in [6.45, 7) is 5.93. The number of hydrogen-bond donors (Lipinski definition) is 13. The molecule has 0 bridgehead atoms. The van der Waals surface area contributed by atoms with Crippen molar-refractivity contribution in [2.24, 2.45) is 32.9 Å². The molecule has 0 fully saturated rings. The number of unbranched alkanes of at least 4 members (excludes halogenated alkanes) is 2. The van der Waals surface area contributed by atoms with Crippen LogP contribution in [-0.4, -0.2) is 211 Å². The zero-order valence-electron chi connectivity index (χ0n) is 49.7. The number of aliphatic carboxylic acids is 3. The summed E-state index contributed by atoms with van der Waals surface area (Å²) in [5.41, 5.74) is 20.6. The van der Waals surface area contributed by atoms with Crippen molar-refractivity contribution in [3.63, 3.8) is 0 Å². The van der Waals surface area contributed by atoms with Crippen molar-refractivity contribution in [2.75, 3.05) is 98.8 Å². The standard InChI is InChI=1S/C16H25N5O7S.C16H24N2O5S.C15H23N5O6S.C6H12O3/c17-16(18)19-6-7-27-8-9-28-11-14(22)20-10-13(15(23)24)21-29(25,26)12-4-2-1-3-5-12;1-3-4-10-23-12-16(20)17-11-15(13(2)19)18-24(21,22)14-8-6-5-7-9-14;16-15(17)18-7-4-8-26-10-13(21)19-9-12(14(22)23)20-27(24,25)11-5-2-1-3-6-11;1-2-3-4-9-5-6(7)8/h1-5,13,21H,6-11H2,(H,20,22)(H,23,24)(H4,17,18,19);5-9,15,18H,3-4,10-12H2,1-2H3,(H,17,20);1-3,5-6,12,20H,4,7-10H2,(H,19,21)(H,22,23)(H4,16,17,18);2-5H2,1H3,(H,7,8). The summed E-state index contributed by atoms with van der Waals surface area (Å²) in [5, 5.41) is 33.6. The van der Waals surface area contributed by atoms with Crippen molar-refractivity contribution in [3.05, 3.63) is 91.0 Å². The molecule has 0 saturated carbocycles. The van der Waals surface area contributed by atoms with Crippen molar-refractivity contribution >= 4 is 83.4 Å². The molecule has 3 rings (SSSR count). The Kier molecular flexibility index (Phi) is 43.1. The molecule has 0 aliphatic heterocycles. The number of nitrogens with zero attached hydrogens (tertiary/aromatic N) is 2. The van der Waals surface area contributed by atoms with E-state index < -0.39 is 96.9 Å². The number of carbonyl (C=O) groups excluding carboxylic acids is 4. The Bertz CT molecular complexity index is 2960. The van der Waals surface area contributed by atoms with Gasteiger partial charge >= 0.3 is 17.9 Å². The second kappa shape index (κ2) is 47.3. The van der Waals surface area contributed by atoms with Gasteiger partial charge in [0, 0.05) is 46.0 Å². The molecule has 3 atom stereocenters. The molecule has 17 N–H and O–H groups in total. The molecule has 3 aromatic rings. The molecule has 3 unspecified atom stereocenters. The Hall–Kier alpha value is -7.78. The van der Waals surface area contributed by atoms with Gasteiger partial charge in [-0.2, -0.15) is 14.2 Å². The lowest BCUT2D eigenvalue weighted by Crippen LogP contribution is -2.48. The maximum absolute atomic E-state index is 12.2. The third-order valence-electron chi connectivity index (χ3n) is 10.5. The fraction of sp³-hybridized carbons (Fsp3) is 0.491. The van der Waals surface area contributed by atoms with Crippen LogP contribution in [-0.2, 0) is 87.3 Å². The molecule has 0 radical (unpaired) electrons. The van der Waals surface area contributed by atoms with Crippen molar-refractivity contribution in [1.82, 2.24) is 30.1 Å². The van der Waals surface area contributed by atoms with Crippen LogP contribution in [0.25, 0.3) is 0 Å². The highest BCUT2D eigenvalue weighted by Crippen LogP contribution is 2.11. The van der Waals surface area contributed by atoms with Crippen LogP contribution in [0, 0.1) is 0 Å². The number of ether oxygens (including phenoxy) is 5. The summed E-state index contributed by atoms with van der Waals surface area (Å²) in [7, 11) is -11.9. The molecular weight excluding hydrogens is 1240 g/mol. The van der Waals surface area contributed by atoms with Crippen molar-refractivity contribution in [3.8, 4) is 0 Å². The first-order valence-corrected chi connectivity index (χ1v) is 31.7. The minimum Gasteiger partial charge on any atom is -0.480 e. The zero-order chi connectivity index (χ0) is 67.1. The highest BCUT2D eigenvalue weighted by atomic mass is 32.2. The average molecular weight is 1320 g/mol. The Morgan fingerprint density at radius 1 is 0.438 bits per heavy atom. The van der Waals surface area contributed by atoms with Crippen LogP contribution in [0.4, 0.5) is 0 Å². The van der Waals surface area contributed by atoms with Crippen LogP contribution in [0.5, 0.6) is 0 Å². The number of nitrogens with two attached hydrogens (primary N) is 4. The molecule has 0 heterocycles. The molecule has 0 aromatic heterocycles. The van der Waals surface area contributed by atoms with Gasteiger partial charge in [0.05, 0.1) is 47.1 Å². The van der Waals surface area contributed by atoms with E-state index in [2.05, 4.69) is 30.7 Å². The zero-order valence-corrected chi connectivity index (χ0v) is 52.1. The first-order chi connectivity index (χ1) is 42.1. The molecule has 0 aliphatic carbocycles. The van der Waals surface area contributed by atoms with Gasteiger partial charge in [0.15, 0.2) is 11.9 Å². The van der Waals surface area contributed by atoms with Gasteiger partial charge in [-0.25, -0.2) is 30.0 Å². The number of benzene rings is 3. The normalized spacial score (nSPS) is 12.0. The van der Waals surface area contributed by atoms with Gasteiger partial charge in [0.25, 0.3) is 0 Å². The molecule has 36 heteroatoms. The molecule has 33 nitrogen and oxygen atoms in total. The minimum absolute atomic E-state index is 0.0350. The summed E-state index contributed by atoms with van der Waals surface area (Å²) in [6.07, 6.45) is 4.31. The number of carboxylic acid groups (broad SMARTS) is 3. The predicted octanol–water partition coefficient (Wildman–Crippen LogP) is -2.20. The second-order valence-corrected chi connectivity index (χ2v) is 23.2. The van der Waals surface area contributed by atoms with Gasteiger partial charge in [0.1, 0.15) is 44.3 Å². The Morgan fingerprint density at radius 3 is 1.09 bits per heavy atom. The summed E-state index contributed by atoms with van der Waals surface area (Å²) >= 11 is 0.